The second kappa shape index (κ2) is 13.3. The lowest BCUT2D eigenvalue weighted by Crippen LogP contribution is -2.47. The molecule has 0 radical (unpaired) electrons. The van der Waals surface area contributed by atoms with Gasteiger partial charge in [-0.1, -0.05) is 0 Å². The number of nitrogens with one attached hydrogen (secondary N) is 2. The number of rotatable bonds is 10. The third-order valence-electron chi connectivity index (χ3n) is 7.67. The Bertz CT molecular complexity index is 930. The van der Waals surface area contributed by atoms with E-state index in [1.54, 1.807) is 24.3 Å². The third kappa shape index (κ3) is 8.89. The van der Waals surface area contributed by atoms with E-state index in [9.17, 15) is 18.0 Å². The summed E-state index contributed by atoms with van der Waals surface area (Å²) >= 11 is 0. The van der Waals surface area contributed by atoms with Crippen LogP contribution >= 0.6 is 0 Å². The molecule has 8 nitrogen and oxygen atoms in total. The molecule has 1 aromatic rings. The molecule has 0 heterocycles. The molecule has 4 aliphatic rings. The number of anilines is 1. The topological polar surface area (TPSA) is 120 Å². The van der Waals surface area contributed by atoms with E-state index in [0.717, 1.165) is 49.0 Å². The van der Waals surface area contributed by atoms with Crippen LogP contribution in [-0.4, -0.2) is 60.6 Å². The molecule has 212 valence electrons. The number of hydrogen-bond donors (Lipinski definition) is 4. The molecular weight excluding hydrogens is 503 g/mol. The van der Waals surface area contributed by atoms with Crippen molar-refractivity contribution in [2.75, 3.05) is 31.6 Å². The molecule has 0 aliphatic heterocycles. The van der Waals surface area contributed by atoms with Gasteiger partial charge in [-0.15, -0.1) is 0 Å². The number of aliphatic carboxylic acids is 1. The van der Waals surface area contributed by atoms with Crippen LogP contribution in [-0.2, 0) is 9.53 Å². The van der Waals surface area contributed by atoms with Crippen LogP contribution in [0.2, 0.25) is 0 Å². The van der Waals surface area contributed by atoms with E-state index < -0.39 is 18.1 Å². The Morgan fingerprint density at radius 1 is 1.05 bits per heavy atom. The summed E-state index contributed by atoms with van der Waals surface area (Å²) in [4.78, 5) is 24.7. The maximum atomic E-state index is 11.1. The first-order valence-electron chi connectivity index (χ1n) is 13.3. The molecule has 4 saturated carbocycles. The monoisotopic (exact) mass is 541 g/mol. The zero-order chi connectivity index (χ0) is 27.8. The standard InChI is InChI=1S/C25H37N3O3.C2HF3O2/c1-2-31-11-3-9-26-24(28-22-6-4-21(5-7-22)23(29)30)27-10-8-25-15-18-12-19(16-25)14-20(13-18)17-25;3-2(4,5)1(6)7/h4-7,18-20H,2-3,8-17H2,1H3,(H,29,30)(H2,26,27,28);(H,6,7). The number of guanidine groups is 1. The molecule has 4 bridgehead atoms. The Kier molecular flexibility index (Phi) is 10.4. The van der Waals surface area contributed by atoms with Crippen molar-refractivity contribution in [3.05, 3.63) is 29.8 Å². The Hall–Kier alpha value is -2.82. The summed E-state index contributed by atoms with van der Waals surface area (Å²) in [5.41, 5.74) is 1.68. The van der Waals surface area contributed by atoms with Crippen LogP contribution in [0.25, 0.3) is 0 Å². The first-order valence-corrected chi connectivity index (χ1v) is 13.3. The molecule has 0 aromatic heterocycles. The van der Waals surface area contributed by atoms with Gasteiger partial charge < -0.3 is 25.6 Å². The second-order valence-electron chi connectivity index (χ2n) is 10.7. The van der Waals surface area contributed by atoms with E-state index in [1.165, 1.54) is 44.9 Å². The average Bonchev–Trinajstić information content (AvgIpc) is 2.83. The van der Waals surface area contributed by atoms with E-state index in [2.05, 4.69) is 10.6 Å². The second-order valence-corrected chi connectivity index (χ2v) is 10.7. The van der Waals surface area contributed by atoms with Crippen LogP contribution in [0.5, 0.6) is 0 Å². The summed E-state index contributed by atoms with van der Waals surface area (Å²) in [5, 5.41) is 23.1. The van der Waals surface area contributed by atoms with E-state index in [1.807, 2.05) is 6.92 Å². The van der Waals surface area contributed by atoms with Gasteiger partial charge in [0.1, 0.15) is 0 Å². The number of ether oxygens (including phenoxy) is 1. The Balaban J connectivity index is 0.000000505. The number of carbonyl (C=O) groups is 2. The quantitative estimate of drug-likeness (QED) is 0.178. The van der Waals surface area contributed by atoms with Gasteiger partial charge in [0.15, 0.2) is 5.96 Å². The molecule has 5 rings (SSSR count). The van der Waals surface area contributed by atoms with Gasteiger partial charge >= 0.3 is 18.1 Å². The Labute approximate surface area is 221 Å². The van der Waals surface area contributed by atoms with Gasteiger partial charge in [-0.3, -0.25) is 4.99 Å². The number of hydrogen-bond acceptors (Lipinski definition) is 4. The van der Waals surface area contributed by atoms with Crippen LogP contribution < -0.4 is 10.6 Å². The van der Waals surface area contributed by atoms with Gasteiger partial charge in [0.05, 0.1) is 5.56 Å². The summed E-state index contributed by atoms with van der Waals surface area (Å²) < 4.78 is 37.2. The zero-order valence-corrected chi connectivity index (χ0v) is 21.7. The van der Waals surface area contributed by atoms with Gasteiger partial charge in [0.2, 0.25) is 0 Å². The molecule has 0 amide bonds. The molecule has 0 spiro atoms. The number of nitrogens with zero attached hydrogens (tertiary/aromatic N) is 1. The molecule has 4 N–H and O–H groups in total. The molecule has 1 aromatic carbocycles. The van der Waals surface area contributed by atoms with Gasteiger partial charge in [-0.2, -0.15) is 13.2 Å². The fourth-order valence-corrected chi connectivity index (χ4v) is 6.52. The van der Waals surface area contributed by atoms with Gasteiger partial charge in [-0.25, -0.2) is 9.59 Å². The van der Waals surface area contributed by atoms with Crippen LogP contribution in [0, 0.1) is 23.2 Å². The summed E-state index contributed by atoms with van der Waals surface area (Å²) in [7, 11) is 0. The predicted molar refractivity (Wildman–Crippen MR) is 137 cm³/mol. The van der Waals surface area contributed by atoms with E-state index in [4.69, 9.17) is 24.7 Å². The number of alkyl halides is 3. The maximum Gasteiger partial charge on any atom is 0.490 e. The van der Waals surface area contributed by atoms with Crippen molar-refractivity contribution in [2.45, 2.75) is 64.5 Å². The highest BCUT2D eigenvalue weighted by Crippen LogP contribution is 2.61. The first kappa shape index (κ1) is 29.7. The van der Waals surface area contributed by atoms with Crippen LogP contribution in [0.4, 0.5) is 18.9 Å². The van der Waals surface area contributed by atoms with E-state index in [-0.39, 0.29) is 5.56 Å². The van der Waals surface area contributed by atoms with Crippen molar-refractivity contribution >= 4 is 23.6 Å². The number of carboxylic acids is 2. The molecule has 11 heteroatoms. The molecule has 0 saturated heterocycles. The summed E-state index contributed by atoms with van der Waals surface area (Å²) in [5.74, 6) is 0.0262. The Morgan fingerprint density at radius 3 is 2.08 bits per heavy atom. The smallest absolute Gasteiger partial charge is 0.478 e. The molecule has 0 atom stereocenters. The van der Waals surface area contributed by atoms with Crippen molar-refractivity contribution in [3.63, 3.8) is 0 Å². The Morgan fingerprint density at radius 2 is 1.61 bits per heavy atom. The zero-order valence-electron chi connectivity index (χ0n) is 21.7. The fraction of sp³-hybridized carbons (Fsp3) is 0.667. The lowest BCUT2D eigenvalue weighted by molar-refractivity contribution is -0.192. The number of benzene rings is 1. The maximum absolute atomic E-state index is 11.1. The van der Waals surface area contributed by atoms with Crippen LogP contribution in [0.3, 0.4) is 0 Å². The largest absolute Gasteiger partial charge is 0.490 e. The van der Waals surface area contributed by atoms with Gasteiger partial charge in [0, 0.05) is 32.0 Å². The summed E-state index contributed by atoms with van der Waals surface area (Å²) in [6.45, 7) is 5.07. The van der Waals surface area contributed by atoms with E-state index >= 15 is 0 Å². The van der Waals surface area contributed by atoms with Crippen molar-refractivity contribution in [3.8, 4) is 0 Å². The molecule has 4 fully saturated rings. The number of aliphatic imine (C=N–C) groups is 1. The van der Waals surface area contributed by atoms with Crippen molar-refractivity contribution < 1.29 is 37.7 Å². The van der Waals surface area contributed by atoms with Crippen LogP contribution in [0.1, 0.15) is 68.6 Å². The van der Waals surface area contributed by atoms with Crippen molar-refractivity contribution in [1.82, 2.24) is 5.32 Å². The predicted octanol–water partition coefficient (Wildman–Crippen LogP) is 5.41. The minimum Gasteiger partial charge on any atom is -0.478 e. The fourth-order valence-electron chi connectivity index (χ4n) is 6.52. The molecule has 4 aliphatic carbocycles. The first-order chi connectivity index (χ1) is 18.0. The lowest BCUT2D eigenvalue weighted by atomic mass is 9.49. The highest BCUT2D eigenvalue weighted by molar-refractivity contribution is 5.94. The van der Waals surface area contributed by atoms with Gasteiger partial charge in [-0.05, 0) is 106 Å². The average molecular weight is 542 g/mol. The number of carboxylic acid groups (broad SMARTS) is 2. The minimum atomic E-state index is -5.08. The van der Waals surface area contributed by atoms with Gasteiger partial charge in [0.25, 0.3) is 0 Å². The normalized spacial score (nSPS) is 25.9. The summed E-state index contributed by atoms with van der Waals surface area (Å²) in [6, 6.07) is 6.82. The van der Waals surface area contributed by atoms with E-state index in [0.29, 0.717) is 18.6 Å². The molecular formula is C27H38F3N3O5. The minimum absolute atomic E-state index is 0.288. The number of halogens is 3. The van der Waals surface area contributed by atoms with Crippen molar-refractivity contribution in [1.29, 1.82) is 0 Å². The summed E-state index contributed by atoms with van der Waals surface area (Å²) in [6.07, 6.45) is 5.72. The number of aromatic carboxylic acids is 1. The SMILES string of the molecule is CCOCCCN=C(NCCC12CC3CC(CC(C3)C1)C2)Nc1ccc(C(=O)O)cc1.O=C(O)C(F)(F)F. The molecule has 38 heavy (non-hydrogen) atoms. The highest BCUT2D eigenvalue weighted by Gasteiger charge is 2.50. The highest BCUT2D eigenvalue weighted by atomic mass is 19.4. The lowest BCUT2D eigenvalue weighted by Gasteiger charge is -2.57. The third-order valence-corrected chi connectivity index (χ3v) is 7.67. The van der Waals surface area contributed by atoms with Crippen LogP contribution in [0.15, 0.2) is 29.3 Å². The molecule has 0 unspecified atom stereocenters. The van der Waals surface area contributed by atoms with Crippen molar-refractivity contribution in [2.24, 2.45) is 28.2 Å².